The summed E-state index contributed by atoms with van der Waals surface area (Å²) in [6.45, 7) is 6.93. The molecule has 0 spiro atoms. The number of morpholine rings is 1. The summed E-state index contributed by atoms with van der Waals surface area (Å²) < 4.78 is 7.95. The molecular formula is C19H24BrN5O3S. The minimum atomic E-state index is -0.327. The van der Waals surface area contributed by atoms with Crippen LogP contribution in [0.1, 0.15) is 36.1 Å². The number of benzene rings is 1. The van der Waals surface area contributed by atoms with Crippen molar-refractivity contribution in [2.24, 2.45) is 0 Å². The highest BCUT2D eigenvalue weighted by Crippen LogP contribution is 2.22. The number of thioether (sulfide) groups is 1. The number of carbonyl (C=O) groups excluding carboxylic acids is 2. The maximum absolute atomic E-state index is 12.6. The topological polar surface area (TPSA) is 89.3 Å². The SMILES string of the molecule is CCn1c(SCC(=O)N2CCOCC2)nnc1[C@H](C)NC(=O)c1ccccc1Br. The van der Waals surface area contributed by atoms with Gasteiger partial charge in [-0.15, -0.1) is 10.2 Å². The van der Waals surface area contributed by atoms with Gasteiger partial charge in [-0.3, -0.25) is 9.59 Å². The van der Waals surface area contributed by atoms with Crippen LogP contribution in [0.25, 0.3) is 0 Å². The highest BCUT2D eigenvalue weighted by atomic mass is 79.9. The van der Waals surface area contributed by atoms with Crippen LogP contribution in [0.15, 0.2) is 33.9 Å². The normalized spacial score (nSPS) is 15.2. The molecule has 0 radical (unpaired) electrons. The van der Waals surface area contributed by atoms with Crippen molar-refractivity contribution in [3.05, 3.63) is 40.1 Å². The number of halogens is 1. The Morgan fingerprint density at radius 1 is 1.28 bits per heavy atom. The molecule has 8 nitrogen and oxygen atoms in total. The second kappa shape index (κ2) is 10.2. The van der Waals surface area contributed by atoms with E-state index in [1.54, 1.807) is 6.07 Å². The average molecular weight is 482 g/mol. The van der Waals surface area contributed by atoms with Gasteiger partial charge >= 0.3 is 0 Å². The third-order valence-electron chi connectivity index (χ3n) is 4.60. The molecule has 0 bridgehead atoms. The van der Waals surface area contributed by atoms with Crippen LogP contribution in [0.3, 0.4) is 0 Å². The molecule has 1 aromatic carbocycles. The fourth-order valence-electron chi connectivity index (χ4n) is 3.04. The van der Waals surface area contributed by atoms with E-state index < -0.39 is 0 Å². The second-order valence-corrected chi connectivity index (χ2v) is 8.34. The Kier molecular flexibility index (Phi) is 7.68. The van der Waals surface area contributed by atoms with E-state index in [1.807, 2.05) is 41.5 Å². The van der Waals surface area contributed by atoms with Crippen LogP contribution in [0.2, 0.25) is 0 Å². The Morgan fingerprint density at radius 2 is 2.00 bits per heavy atom. The van der Waals surface area contributed by atoms with E-state index in [0.717, 1.165) is 4.47 Å². The molecule has 29 heavy (non-hydrogen) atoms. The van der Waals surface area contributed by atoms with E-state index in [2.05, 4.69) is 31.4 Å². The monoisotopic (exact) mass is 481 g/mol. The molecule has 1 aliphatic rings. The van der Waals surface area contributed by atoms with Gasteiger partial charge in [0, 0.05) is 24.1 Å². The molecule has 1 N–H and O–H groups in total. The van der Waals surface area contributed by atoms with Gasteiger partial charge in [-0.25, -0.2) is 0 Å². The fraction of sp³-hybridized carbons (Fsp3) is 0.474. The van der Waals surface area contributed by atoms with Crippen molar-refractivity contribution in [1.29, 1.82) is 0 Å². The molecule has 1 atom stereocenters. The second-order valence-electron chi connectivity index (χ2n) is 6.54. The molecule has 156 valence electrons. The maximum Gasteiger partial charge on any atom is 0.253 e. The predicted molar refractivity (Wildman–Crippen MR) is 114 cm³/mol. The van der Waals surface area contributed by atoms with E-state index in [1.165, 1.54) is 11.8 Å². The lowest BCUT2D eigenvalue weighted by molar-refractivity contribution is -0.132. The first-order valence-electron chi connectivity index (χ1n) is 9.48. The van der Waals surface area contributed by atoms with Crippen LogP contribution in [0.4, 0.5) is 0 Å². The lowest BCUT2D eigenvalue weighted by atomic mass is 10.2. The zero-order chi connectivity index (χ0) is 20.8. The largest absolute Gasteiger partial charge is 0.378 e. The number of hydrogen-bond donors (Lipinski definition) is 1. The molecule has 3 rings (SSSR count). The maximum atomic E-state index is 12.6. The van der Waals surface area contributed by atoms with E-state index in [9.17, 15) is 9.59 Å². The minimum absolute atomic E-state index is 0.0702. The van der Waals surface area contributed by atoms with Gasteiger partial charge in [0.25, 0.3) is 5.91 Å². The molecule has 0 saturated carbocycles. The number of aromatic nitrogens is 3. The standard InChI is InChI=1S/C19H24BrN5O3S/c1-3-25-17(13(2)21-18(27)14-6-4-5-7-15(14)20)22-23-19(25)29-12-16(26)24-8-10-28-11-9-24/h4-7,13H,3,8-12H2,1-2H3,(H,21,27)/t13-/m0/s1. The molecule has 1 aliphatic heterocycles. The molecule has 2 heterocycles. The number of carbonyl (C=O) groups is 2. The lowest BCUT2D eigenvalue weighted by Gasteiger charge is -2.26. The summed E-state index contributed by atoms with van der Waals surface area (Å²) >= 11 is 4.77. The Balaban J connectivity index is 1.64. The number of nitrogens with zero attached hydrogens (tertiary/aromatic N) is 4. The number of hydrogen-bond acceptors (Lipinski definition) is 6. The summed E-state index contributed by atoms with van der Waals surface area (Å²) in [5, 5.41) is 12.1. The fourth-order valence-corrected chi connectivity index (χ4v) is 4.42. The summed E-state index contributed by atoms with van der Waals surface area (Å²) in [6.07, 6.45) is 0. The molecule has 1 aromatic heterocycles. The van der Waals surface area contributed by atoms with Crippen LogP contribution in [-0.4, -0.2) is 63.5 Å². The third-order valence-corrected chi connectivity index (χ3v) is 6.25. The van der Waals surface area contributed by atoms with E-state index in [0.29, 0.717) is 55.1 Å². The molecule has 2 amide bonds. The Bertz CT molecular complexity index is 869. The molecular weight excluding hydrogens is 458 g/mol. The first-order valence-corrected chi connectivity index (χ1v) is 11.3. The van der Waals surface area contributed by atoms with Crippen LogP contribution < -0.4 is 5.32 Å². The third kappa shape index (κ3) is 5.37. The number of rotatable bonds is 7. The van der Waals surface area contributed by atoms with Gasteiger partial charge in [0.15, 0.2) is 11.0 Å². The van der Waals surface area contributed by atoms with E-state index >= 15 is 0 Å². The molecule has 1 fully saturated rings. The molecule has 2 aromatic rings. The molecule has 1 saturated heterocycles. The number of nitrogens with one attached hydrogen (secondary N) is 1. The summed E-state index contributed by atoms with van der Waals surface area (Å²) in [6, 6.07) is 6.94. The van der Waals surface area contributed by atoms with Gasteiger partial charge in [-0.2, -0.15) is 0 Å². The van der Waals surface area contributed by atoms with Crippen LogP contribution in [0, 0.1) is 0 Å². The van der Waals surface area contributed by atoms with Crippen molar-refractivity contribution in [3.8, 4) is 0 Å². The van der Waals surface area contributed by atoms with Crippen molar-refractivity contribution in [2.75, 3.05) is 32.1 Å². The zero-order valence-corrected chi connectivity index (χ0v) is 18.8. The Labute approximate surface area is 182 Å². The van der Waals surface area contributed by atoms with Crippen molar-refractivity contribution in [1.82, 2.24) is 25.0 Å². The highest BCUT2D eigenvalue weighted by molar-refractivity contribution is 9.10. The number of amides is 2. The smallest absolute Gasteiger partial charge is 0.253 e. The van der Waals surface area contributed by atoms with E-state index in [-0.39, 0.29) is 17.9 Å². The van der Waals surface area contributed by atoms with Gasteiger partial charge in [0.05, 0.1) is 30.6 Å². The Hall–Kier alpha value is -1.91. The highest BCUT2D eigenvalue weighted by Gasteiger charge is 2.22. The van der Waals surface area contributed by atoms with Crippen molar-refractivity contribution in [3.63, 3.8) is 0 Å². The van der Waals surface area contributed by atoms with Crippen molar-refractivity contribution < 1.29 is 14.3 Å². The van der Waals surface area contributed by atoms with Crippen LogP contribution in [0.5, 0.6) is 0 Å². The summed E-state index contributed by atoms with van der Waals surface area (Å²) in [5.74, 6) is 0.845. The van der Waals surface area contributed by atoms with Crippen LogP contribution in [-0.2, 0) is 16.1 Å². The zero-order valence-electron chi connectivity index (χ0n) is 16.4. The first kappa shape index (κ1) is 21.8. The predicted octanol–water partition coefficient (Wildman–Crippen LogP) is 2.50. The summed E-state index contributed by atoms with van der Waals surface area (Å²) in [4.78, 5) is 26.8. The van der Waals surface area contributed by atoms with Gasteiger partial charge < -0.3 is 19.5 Å². The number of ether oxygens (including phenoxy) is 1. The Morgan fingerprint density at radius 3 is 2.69 bits per heavy atom. The van der Waals surface area contributed by atoms with Gasteiger partial charge in [-0.1, -0.05) is 23.9 Å². The van der Waals surface area contributed by atoms with Crippen molar-refractivity contribution >= 4 is 39.5 Å². The summed E-state index contributed by atoms with van der Waals surface area (Å²) in [7, 11) is 0. The van der Waals surface area contributed by atoms with E-state index in [4.69, 9.17) is 4.74 Å². The lowest BCUT2D eigenvalue weighted by Crippen LogP contribution is -2.41. The molecule has 10 heteroatoms. The molecule has 0 aliphatic carbocycles. The van der Waals surface area contributed by atoms with Gasteiger partial charge in [0.2, 0.25) is 5.91 Å². The van der Waals surface area contributed by atoms with Crippen molar-refractivity contribution in [2.45, 2.75) is 31.6 Å². The average Bonchev–Trinajstić information content (AvgIpc) is 3.16. The first-order chi connectivity index (χ1) is 14.0. The van der Waals surface area contributed by atoms with Crippen LogP contribution >= 0.6 is 27.7 Å². The minimum Gasteiger partial charge on any atom is -0.378 e. The van der Waals surface area contributed by atoms with Gasteiger partial charge in [0.1, 0.15) is 0 Å². The molecule has 0 unspecified atom stereocenters. The quantitative estimate of drug-likeness (QED) is 0.611. The van der Waals surface area contributed by atoms with Gasteiger partial charge in [-0.05, 0) is 41.9 Å². The summed E-state index contributed by atoms with van der Waals surface area (Å²) in [5.41, 5.74) is 0.563.